The smallest absolute Gasteiger partial charge is 0.336 e. The first-order valence-electron chi connectivity index (χ1n) is 19.7. The fourth-order valence-corrected chi connectivity index (χ4v) is 11.7. The van der Waals surface area contributed by atoms with Crippen molar-refractivity contribution in [1.82, 2.24) is 0 Å². The van der Waals surface area contributed by atoms with Crippen molar-refractivity contribution in [1.29, 1.82) is 0 Å². The Labute approximate surface area is 318 Å². The second-order valence-corrected chi connectivity index (χ2v) is 19.3. The normalized spacial score (nSPS) is 36.4. The average Bonchev–Trinajstić information content (AvgIpc) is 3.32. The number of esters is 2. The Morgan fingerprint density at radius 3 is 2.21 bits per heavy atom. The third-order valence-electron chi connectivity index (χ3n) is 14.5. The number of ether oxygens (including phenoxy) is 3. The van der Waals surface area contributed by atoms with E-state index in [1.165, 1.54) is 6.42 Å². The van der Waals surface area contributed by atoms with Crippen LogP contribution in [0.3, 0.4) is 0 Å². The number of aliphatic hydroxyl groups is 1. The summed E-state index contributed by atoms with van der Waals surface area (Å²) >= 11 is 6.25. The zero-order valence-electron chi connectivity index (χ0n) is 33.8. The molecule has 0 bridgehead atoms. The minimum absolute atomic E-state index is 0.0408. The van der Waals surface area contributed by atoms with Crippen molar-refractivity contribution >= 4 is 29.1 Å². The Bertz CT molecular complexity index is 1600. The van der Waals surface area contributed by atoms with Gasteiger partial charge in [0, 0.05) is 10.6 Å². The van der Waals surface area contributed by atoms with Gasteiger partial charge in [0.2, 0.25) is 6.79 Å². The van der Waals surface area contributed by atoms with Crippen LogP contribution in [0.5, 0.6) is 0 Å². The first-order valence-corrected chi connectivity index (χ1v) is 20.0. The Kier molecular flexibility index (Phi) is 11.7. The van der Waals surface area contributed by atoms with Gasteiger partial charge in [-0.15, -0.1) is 0 Å². The second kappa shape index (κ2) is 14.9. The molecule has 1 aromatic carbocycles. The van der Waals surface area contributed by atoms with Gasteiger partial charge in [-0.3, -0.25) is 4.79 Å². The van der Waals surface area contributed by atoms with Gasteiger partial charge in [-0.1, -0.05) is 70.5 Å². The molecular formula is C45H65ClO6. The Morgan fingerprint density at radius 1 is 0.962 bits per heavy atom. The number of fused-ring (bicyclic) bond motifs is 5. The van der Waals surface area contributed by atoms with Crippen LogP contribution in [0.4, 0.5) is 0 Å². The predicted octanol–water partition coefficient (Wildman–Crippen LogP) is 11.1. The third-order valence-corrected chi connectivity index (χ3v) is 14.8. The van der Waals surface area contributed by atoms with E-state index in [9.17, 15) is 14.7 Å². The number of halogens is 1. The molecule has 0 amide bonds. The van der Waals surface area contributed by atoms with Crippen molar-refractivity contribution < 1.29 is 28.9 Å². The third kappa shape index (κ3) is 7.29. The summed E-state index contributed by atoms with van der Waals surface area (Å²) in [7, 11) is 0. The zero-order chi connectivity index (χ0) is 38.6. The lowest BCUT2D eigenvalue weighted by molar-refractivity contribution is -0.229. The highest BCUT2D eigenvalue weighted by molar-refractivity contribution is 6.30. The van der Waals surface area contributed by atoms with Crippen LogP contribution in [0.15, 0.2) is 53.3 Å². The molecule has 0 heterocycles. The van der Waals surface area contributed by atoms with E-state index in [2.05, 4.69) is 55.0 Å². The van der Waals surface area contributed by atoms with Crippen molar-refractivity contribution in [2.75, 3.05) is 6.79 Å². The van der Waals surface area contributed by atoms with E-state index in [0.717, 1.165) is 48.0 Å². The molecular weight excluding hydrogens is 672 g/mol. The van der Waals surface area contributed by atoms with Crippen molar-refractivity contribution in [2.45, 2.75) is 140 Å². The van der Waals surface area contributed by atoms with Crippen molar-refractivity contribution in [3.63, 3.8) is 0 Å². The molecule has 4 saturated carbocycles. The Hall–Kier alpha value is -2.57. The predicted molar refractivity (Wildman–Crippen MR) is 209 cm³/mol. The van der Waals surface area contributed by atoms with Gasteiger partial charge in [-0.05, 0) is 168 Å². The summed E-state index contributed by atoms with van der Waals surface area (Å²) in [4.78, 5) is 27.1. The molecule has 0 spiro atoms. The van der Waals surface area contributed by atoms with Gasteiger partial charge in [0.1, 0.15) is 6.10 Å². The van der Waals surface area contributed by atoms with Crippen LogP contribution >= 0.6 is 11.6 Å². The molecule has 6 nitrogen and oxygen atoms in total. The van der Waals surface area contributed by atoms with Gasteiger partial charge in [0.25, 0.3) is 0 Å². The molecule has 4 aliphatic rings. The quantitative estimate of drug-likeness (QED) is 0.118. The number of rotatable bonds is 9. The van der Waals surface area contributed by atoms with Gasteiger partial charge >= 0.3 is 11.9 Å². The lowest BCUT2D eigenvalue weighted by Crippen LogP contribution is -2.65. The largest absolute Gasteiger partial charge is 0.491 e. The molecule has 288 valence electrons. The van der Waals surface area contributed by atoms with Gasteiger partial charge < -0.3 is 19.3 Å². The highest BCUT2D eigenvalue weighted by atomic mass is 35.5. The molecule has 0 aromatic heterocycles. The minimum atomic E-state index is -0.730. The monoisotopic (exact) mass is 736 g/mol. The van der Waals surface area contributed by atoms with Crippen LogP contribution in [-0.2, 0) is 23.8 Å². The van der Waals surface area contributed by atoms with Crippen molar-refractivity contribution in [3.05, 3.63) is 63.9 Å². The molecule has 0 radical (unpaired) electrons. The molecule has 10 atom stereocenters. The van der Waals surface area contributed by atoms with Gasteiger partial charge in [0.05, 0.1) is 17.3 Å². The molecule has 1 N–H and O–H groups in total. The molecule has 5 rings (SSSR count). The number of allylic oxidation sites excluding steroid dienone is 3. The molecule has 1 aromatic rings. The van der Waals surface area contributed by atoms with Crippen LogP contribution < -0.4 is 0 Å². The topological polar surface area (TPSA) is 82.1 Å². The van der Waals surface area contributed by atoms with Crippen LogP contribution in [0, 0.1) is 51.2 Å². The van der Waals surface area contributed by atoms with E-state index in [1.807, 2.05) is 31.2 Å². The summed E-state index contributed by atoms with van der Waals surface area (Å²) in [6, 6.07) is 7.81. The zero-order valence-corrected chi connectivity index (χ0v) is 34.5. The Morgan fingerprint density at radius 2 is 1.62 bits per heavy atom. The standard InChI is InChI=1S/C45H65ClO6/c1-26(2)32(30-13-15-31(46)16-14-30)17-18-33(40(48)50-25-51-41(49)42(7,8)9)38-35-23-36(47)39-43(10)21-19-28(5)29(6)34(43)20-22-44(39,11)45(35,12)24-37(38)52-27(3)4/h13-16,28-29,34-37,39,47H,3,17-25H2,1-2,4-12H3/b38-33-/t28-,29+,34+,35+,36-,37?,39+,43+,44+,45+/m1/s1. The fraction of sp³-hybridized carbons (Fsp3) is 0.689. The van der Waals surface area contributed by atoms with E-state index in [1.54, 1.807) is 20.8 Å². The van der Waals surface area contributed by atoms with Crippen LogP contribution in [-0.4, -0.2) is 36.0 Å². The summed E-state index contributed by atoms with van der Waals surface area (Å²) < 4.78 is 17.9. The maximum absolute atomic E-state index is 14.4. The van der Waals surface area contributed by atoms with E-state index in [0.29, 0.717) is 53.4 Å². The van der Waals surface area contributed by atoms with Crippen LogP contribution in [0.25, 0.3) is 5.57 Å². The summed E-state index contributed by atoms with van der Waals surface area (Å²) in [6.07, 6.45) is 5.89. The van der Waals surface area contributed by atoms with Crippen LogP contribution in [0.2, 0.25) is 5.02 Å². The molecule has 0 aliphatic heterocycles. The average molecular weight is 737 g/mol. The van der Waals surface area contributed by atoms with Gasteiger partial charge in [0.15, 0.2) is 0 Å². The van der Waals surface area contributed by atoms with E-state index in [-0.39, 0.29) is 28.1 Å². The number of carbonyl (C=O) groups is 2. The lowest BCUT2D eigenvalue weighted by atomic mass is 9.36. The highest BCUT2D eigenvalue weighted by Gasteiger charge is 2.70. The molecule has 4 fully saturated rings. The fourth-order valence-electron chi connectivity index (χ4n) is 11.5. The van der Waals surface area contributed by atoms with Crippen molar-refractivity contribution in [2.24, 2.45) is 51.2 Å². The van der Waals surface area contributed by atoms with Gasteiger partial charge in [-0.25, -0.2) is 4.79 Å². The van der Waals surface area contributed by atoms with E-state index in [4.69, 9.17) is 25.8 Å². The van der Waals surface area contributed by atoms with E-state index >= 15 is 0 Å². The molecule has 7 heteroatoms. The number of carbonyl (C=O) groups excluding carboxylic acids is 2. The van der Waals surface area contributed by atoms with E-state index < -0.39 is 36.4 Å². The molecule has 1 unspecified atom stereocenters. The Balaban J connectivity index is 1.60. The minimum Gasteiger partial charge on any atom is -0.491 e. The number of hydrogen-bond donors (Lipinski definition) is 1. The number of hydrogen-bond acceptors (Lipinski definition) is 6. The second-order valence-electron chi connectivity index (χ2n) is 18.9. The van der Waals surface area contributed by atoms with Gasteiger partial charge in [-0.2, -0.15) is 0 Å². The number of aliphatic hydroxyl groups excluding tert-OH is 1. The SMILES string of the molecule is C=C(C)OC1C[C@@]2(C)[C@@H](C[C@@H](O)[C@H]3[C@@]4(C)CC[C@@H](C)[C@H](C)[C@@H]4CC[C@@]32C)/C1=C(\CCC(=C(C)C)c1ccc(Cl)cc1)C(=O)OCOC(=O)C(C)(C)C. The lowest BCUT2D eigenvalue weighted by Gasteiger charge is -2.69. The maximum atomic E-state index is 14.4. The first kappa shape index (κ1) is 40.6. The summed E-state index contributed by atoms with van der Waals surface area (Å²) in [5.74, 6) is 1.59. The van der Waals surface area contributed by atoms with Crippen LogP contribution in [0.1, 0.15) is 133 Å². The van der Waals surface area contributed by atoms with Crippen molar-refractivity contribution in [3.8, 4) is 0 Å². The summed E-state index contributed by atoms with van der Waals surface area (Å²) in [6.45, 7) is 27.2. The maximum Gasteiger partial charge on any atom is 0.336 e. The highest BCUT2D eigenvalue weighted by Crippen LogP contribution is 2.74. The molecule has 4 aliphatic carbocycles. The summed E-state index contributed by atoms with van der Waals surface area (Å²) in [5, 5.41) is 13.1. The molecule has 52 heavy (non-hydrogen) atoms. The summed E-state index contributed by atoms with van der Waals surface area (Å²) in [5.41, 5.74) is 3.68. The number of benzene rings is 1. The first-order chi connectivity index (χ1) is 24.2. The molecule has 0 saturated heterocycles.